The number of carbonyl (C=O) groups excluding carboxylic acids is 1. The number of rotatable bonds is 4. The average molecular weight is 466 g/mol. The van der Waals surface area contributed by atoms with Crippen LogP contribution < -0.4 is 9.47 Å². The molecule has 0 spiro atoms. The highest BCUT2D eigenvalue weighted by molar-refractivity contribution is 9.12. The van der Waals surface area contributed by atoms with Crippen molar-refractivity contribution in [2.45, 2.75) is 0 Å². The van der Waals surface area contributed by atoms with Crippen LogP contribution in [-0.4, -0.2) is 20.2 Å². The summed E-state index contributed by atoms with van der Waals surface area (Å²) in [7, 11) is 3.22. The van der Waals surface area contributed by atoms with Crippen LogP contribution in [0, 0.1) is 0 Å². The van der Waals surface area contributed by atoms with Gasteiger partial charge in [-0.05, 0) is 73.3 Å². The van der Waals surface area contributed by atoms with E-state index < -0.39 is 5.97 Å². The van der Waals surface area contributed by atoms with Gasteiger partial charge in [-0.3, -0.25) is 0 Å². The lowest BCUT2D eigenvalue weighted by Gasteiger charge is -2.08. The van der Waals surface area contributed by atoms with Crippen molar-refractivity contribution < 1.29 is 19.0 Å². The zero-order chi connectivity index (χ0) is 18.0. The lowest BCUT2D eigenvalue weighted by molar-refractivity contribution is -0.132. The summed E-state index contributed by atoms with van der Waals surface area (Å²) in [5.74, 6) is 1.55. The van der Waals surface area contributed by atoms with Crippen LogP contribution in [0.15, 0.2) is 57.2 Å². The summed E-state index contributed by atoms with van der Waals surface area (Å²) in [6.45, 7) is 0. The van der Waals surface area contributed by atoms with Gasteiger partial charge in [0.15, 0.2) is 0 Å². The summed E-state index contributed by atoms with van der Waals surface area (Å²) in [4.78, 5) is 12.0. The molecule has 0 bridgehead atoms. The number of halogens is 2. The molecule has 2 aromatic rings. The molecule has 0 saturated heterocycles. The molecule has 2 aromatic carbocycles. The fourth-order valence-corrected chi connectivity index (χ4v) is 3.52. The summed E-state index contributed by atoms with van der Waals surface area (Å²) in [6, 6.07) is 13.1. The molecular formula is C19H14Br2O4. The van der Waals surface area contributed by atoms with E-state index in [2.05, 4.69) is 31.9 Å². The molecule has 0 N–H and O–H groups in total. The Balaban J connectivity index is 2.02. The number of hydrogen-bond donors (Lipinski definition) is 0. The van der Waals surface area contributed by atoms with Crippen molar-refractivity contribution in [3.8, 4) is 11.5 Å². The van der Waals surface area contributed by atoms with E-state index in [0.717, 1.165) is 27.1 Å². The van der Waals surface area contributed by atoms with Crippen molar-refractivity contribution in [3.05, 3.63) is 68.3 Å². The van der Waals surface area contributed by atoms with Crippen molar-refractivity contribution in [2.75, 3.05) is 14.2 Å². The molecule has 0 unspecified atom stereocenters. The number of esters is 1. The predicted octanol–water partition coefficient (Wildman–Crippen LogP) is 5.17. The Bertz CT molecular complexity index is 883. The Morgan fingerprint density at radius 2 is 1.72 bits per heavy atom. The molecule has 6 heteroatoms. The van der Waals surface area contributed by atoms with Crippen LogP contribution >= 0.6 is 31.9 Å². The normalized spacial score (nSPS) is 15.5. The van der Waals surface area contributed by atoms with E-state index in [4.69, 9.17) is 14.2 Å². The molecule has 0 fully saturated rings. The van der Waals surface area contributed by atoms with Crippen molar-refractivity contribution >= 4 is 49.5 Å². The highest BCUT2D eigenvalue weighted by atomic mass is 79.9. The molecule has 0 radical (unpaired) electrons. The molecular weight excluding hydrogens is 452 g/mol. The van der Waals surface area contributed by atoms with E-state index in [9.17, 15) is 4.79 Å². The van der Waals surface area contributed by atoms with E-state index in [1.54, 1.807) is 14.2 Å². The zero-order valence-electron chi connectivity index (χ0n) is 13.5. The number of carbonyl (C=O) groups is 1. The van der Waals surface area contributed by atoms with E-state index >= 15 is 0 Å². The smallest absolute Gasteiger partial charge is 0.351 e. The van der Waals surface area contributed by atoms with Crippen LogP contribution in [-0.2, 0) is 9.53 Å². The molecule has 4 nitrogen and oxygen atoms in total. The maximum Gasteiger partial charge on any atom is 0.351 e. The third kappa shape index (κ3) is 3.65. The van der Waals surface area contributed by atoms with Crippen LogP contribution in [0.25, 0.3) is 11.6 Å². The molecule has 0 aliphatic carbocycles. The second-order valence-electron chi connectivity index (χ2n) is 5.21. The molecule has 0 saturated carbocycles. The number of cyclic esters (lactones) is 1. The molecule has 1 heterocycles. The maximum absolute atomic E-state index is 12.0. The molecule has 128 valence electrons. The first kappa shape index (κ1) is 17.8. The fourth-order valence-electron chi connectivity index (χ4n) is 2.46. The van der Waals surface area contributed by atoms with Gasteiger partial charge in [0.2, 0.25) is 0 Å². The van der Waals surface area contributed by atoms with E-state index in [-0.39, 0.29) is 0 Å². The first-order valence-corrected chi connectivity index (χ1v) is 8.94. The van der Waals surface area contributed by atoms with Crippen LogP contribution in [0.3, 0.4) is 0 Å². The van der Waals surface area contributed by atoms with Gasteiger partial charge in [0, 0.05) is 5.57 Å². The summed E-state index contributed by atoms with van der Waals surface area (Å²) in [5, 5.41) is 0. The SMILES string of the molecule is COc1ccc(C2=C(Br)C(=O)O/C2=C\c2ccc(OC)c(Br)c2)cc1. The van der Waals surface area contributed by atoms with Crippen molar-refractivity contribution in [1.82, 2.24) is 0 Å². The number of allylic oxidation sites excluding steroid dienone is 1. The van der Waals surface area contributed by atoms with Gasteiger partial charge in [0.05, 0.1) is 18.7 Å². The van der Waals surface area contributed by atoms with E-state index in [0.29, 0.717) is 15.8 Å². The molecule has 3 rings (SSSR count). The van der Waals surface area contributed by atoms with Gasteiger partial charge < -0.3 is 14.2 Å². The first-order valence-electron chi connectivity index (χ1n) is 7.35. The highest BCUT2D eigenvalue weighted by Crippen LogP contribution is 2.39. The lowest BCUT2D eigenvalue weighted by atomic mass is 10.0. The minimum atomic E-state index is -0.412. The number of ether oxygens (including phenoxy) is 3. The first-order chi connectivity index (χ1) is 12.0. The van der Waals surface area contributed by atoms with E-state index in [1.807, 2.05) is 48.5 Å². The molecule has 25 heavy (non-hydrogen) atoms. The minimum absolute atomic E-state index is 0.400. The van der Waals surface area contributed by atoms with Gasteiger partial charge in [-0.15, -0.1) is 0 Å². The quantitative estimate of drug-likeness (QED) is 0.584. The Morgan fingerprint density at radius 3 is 2.32 bits per heavy atom. The summed E-state index contributed by atoms with van der Waals surface area (Å²) < 4.78 is 17.1. The van der Waals surface area contributed by atoms with Gasteiger partial charge in [-0.25, -0.2) is 4.79 Å². The van der Waals surface area contributed by atoms with Crippen LogP contribution in [0.1, 0.15) is 11.1 Å². The van der Waals surface area contributed by atoms with Gasteiger partial charge in [-0.1, -0.05) is 18.2 Å². The monoisotopic (exact) mass is 464 g/mol. The summed E-state index contributed by atoms with van der Waals surface area (Å²) in [5.41, 5.74) is 2.45. The van der Waals surface area contributed by atoms with Crippen LogP contribution in [0.5, 0.6) is 11.5 Å². The molecule has 0 aromatic heterocycles. The maximum atomic E-state index is 12.0. The number of methoxy groups -OCH3 is 2. The Morgan fingerprint density at radius 1 is 1.00 bits per heavy atom. The Hall–Kier alpha value is -2.05. The molecule has 1 aliphatic rings. The molecule has 0 amide bonds. The number of benzene rings is 2. The lowest BCUT2D eigenvalue weighted by Crippen LogP contribution is -1.93. The minimum Gasteiger partial charge on any atom is -0.497 e. The van der Waals surface area contributed by atoms with Crippen molar-refractivity contribution in [2.24, 2.45) is 0 Å². The van der Waals surface area contributed by atoms with Crippen LogP contribution in [0.2, 0.25) is 0 Å². The van der Waals surface area contributed by atoms with Gasteiger partial charge in [0.1, 0.15) is 21.7 Å². The topological polar surface area (TPSA) is 44.8 Å². The van der Waals surface area contributed by atoms with Gasteiger partial charge in [-0.2, -0.15) is 0 Å². The number of hydrogen-bond acceptors (Lipinski definition) is 4. The average Bonchev–Trinajstić information content (AvgIpc) is 2.89. The zero-order valence-corrected chi connectivity index (χ0v) is 16.7. The van der Waals surface area contributed by atoms with Gasteiger partial charge >= 0.3 is 5.97 Å². The Labute approximate surface area is 162 Å². The fraction of sp³-hybridized carbons (Fsp3) is 0.105. The standard InChI is InChI=1S/C19H14Br2O4/c1-23-13-6-4-12(5-7-13)17-16(25-19(22)18(17)21)10-11-3-8-15(24-2)14(20)9-11/h3-10H,1-2H3/b16-10-. The summed E-state index contributed by atoms with van der Waals surface area (Å²) in [6.07, 6.45) is 1.82. The molecule has 0 atom stereocenters. The predicted molar refractivity (Wildman–Crippen MR) is 104 cm³/mol. The third-order valence-corrected chi connectivity index (χ3v) is 5.04. The second-order valence-corrected chi connectivity index (χ2v) is 6.86. The second kappa shape index (κ2) is 7.45. The van der Waals surface area contributed by atoms with Crippen LogP contribution in [0.4, 0.5) is 0 Å². The van der Waals surface area contributed by atoms with Crippen molar-refractivity contribution in [1.29, 1.82) is 0 Å². The van der Waals surface area contributed by atoms with E-state index in [1.165, 1.54) is 0 Å². The third-order valence-electron chi connectivity index (χ3n) is 3.70. The molecule has 1 aliphatic heterocycles. The van der Waals surface area contributed by atoms with Crippen molar-refractivity contribution in [3.63, 3.8) is 0 Å². The Kier molecular flexibility index (Phi) is 5.30. The summed E-state index contributed by atoms with van der Waals surface area (Å²) >= 11 is 6.80. The highest BCUT2D eigenvalue weighted by Gasteiger charge is 2.29. The van der Waals surface area contributed by atoms with Gasteiger partial charge in [0.25, 0.3) is 0 Å². The largest absolute Gasteiger partial charge is 0.497 e.